The van der Waals surface area contributed by atoms with Crippen LogP contribution < -0.4 is 5.32 Å². The standard InChI is InChI=1S/C13H18N4/c1-3-17-9-7-13(16-17)11(2)15-10-12-6-4-5-8-14-12/h4-9,11,15H,3,10H2,1-2H3. The fourth-order valence-corrected chi connectivity index (χ4v) is 1.65. The summed E-state index contributed by atoms with van der Waals surface area (Å²) < 4.78 is 1.94. The molecule has 0 saturated heterocycles. The van der Waals surface area contributed by atoms with Gasteiger partial charge < -0.3 is 5.32 Å². The van der Waals surface area contributed by atoms with Crippen LogP contribution in [0, 0.1) is 0 Å². The summed E-state index contributed by atoms with van der Waals surface area (Å²) >= 11 is 0. The van der Waals surface area contributed by atoms with Gasteiger partial charge in [-0.25, -0.2) is 0 Å². The van der Waals surface area contributed by atoms with E-state index in [-0.39, 0.29) is 6.04 Å². The first-order valence-corrected chi connectivity index (χ1v) is 5.96. The minimum absolute atomic E-state index is 0.241. The van der Waals surface area contributed by atoms with E-state index in [1.165, 1.54) is 0 Å². The molecule has 0 aromatic carbocycles. The highest BCUT2D eigenvalue weighted by molar-refractivity contribution is 5.07. The molecule has 0 radical (unpaired) electrons. The van der Waals surface area contributed by atoms with Crippen molar-refractivity contribution in [3.8, 4) is 0 Å². The van der Waals surface area contributed by atoms with Crippen LogP contribution in [-0.4, -0.2) is 14.8 Å². The lowest BCUT2D eigenvalue weighted by Crippen LogP contribution is -2.19. The Bertz CT molecular complexity index is 449. The molecular formula is C13H18N4. The molecule has 4 nitrogen and oxygen atoms in total. The molecule has 0 aliphatic rings. The Kier molecular flexibility index (Phi) is 3.88. The Hall–Kier alpha value is -1.68. The minimum Gasteiger partial charge on any atom is -0.303 e. The number of hydrogen-bond donors (Lipinski definition) is 1. The molecule has 0 aliphatic heterocycles. The molecular weight excluding hydrogens is 212 g/mol. The van der Waals surface area contributed by atoms with Gasteiger partial charge in [0.15, 0.2) is 0 Å². The minimum atomic E-state index is 0.241. The van der Waals surface area contributed by atoms with E-state index < -0.39 is 0 Å². The normalized spacial score (nSPS) is 12.6. The predicted molar refractivity (Wildman–Crippen MR) is 67.4 cm³/mol. The molecule has 0 saturated carbocycles. The SMILES string of the molecule is CCn1ccc(C(C)NCc2ccccn2)n1. The van der Waals surface area contributed by atoms with E-state index in [0.717, 1.165) is 24.5 Å². The number of nitrogens with one attached hydrogen (secondary N) is 1. The molecule has 2 rings (SSSR count). The van der Waals surface area contributed by atoms with Crippen LogP contribution in [0.3, 0.4) is 0 Å². The van der Waals surface area contributed by atoms with Crippen LogP contribution in [0.1, 0.15) is 31.3 Å². The van der Waals surface area contributed by atoms with Gasteiger partial charge in [-0.1, -0.05) is 6.07 Å². The highest BCUT2D eigenvalue weighted by atomic mass is 15.3. The first-order chi connectivity index (χ1) is 8.29. The third-order valence-electron chi connectivity index (χ3n) is 2.74. The summed E-state index contributed by atoms with van der Waals surface area (Å²) in [7, 11) is 0. The van der Waals surface area contributed by atoms with E-state index in [2.05, 4.69) is 35.3 Å². The van der Waals surface area contributed by atoms with Crippen molar-refractivity contribution in [3.63, 3.8) is 0 Å². The zero-order chi connectivity index (χ0) is 12.1. The van der Waals surface area contributed by atoms with Crippen molar-refractivity contribution < 1.29 is 0 Å². The van der Waals surface area contributed by atoms with Gasteiger partial charge in [0.25, 0.3) is 0 Å². The van der Waals surface area contributed by atoms with Crippen LogP contribution in [0.15, 0.2) is 36.7 Å². The van der Waals surface area contributed by atoms with Gasteiger partial charge in [-0.15, -0.1) is 0 Å². The van der Waals surface area contributed by atoms with Crippen LogP contribution in [0.2, 0.25) is 0 Å². The Morgan fingerprint density at radius 2 is 2.24 bits per heavy atom. The average Bonchev–Trinajstić information content (AvgIpc) is 2.86. The molecule has 2 aromatic rings. The first kappa shape index (κ1) is 11.8. The molecule has 1 atom stereocenters. The summed E-state index contributed by atoms with van der Waals surface area (Å²) in [4.78, 5) is 4.28. The molecule has 2 heterocycles. The molecule has 0 aliphatic carbocycles. The van der Waals surface area contributed by atoms with Gasteiger partial charge in [-0.05, 0) is 32.0 Å². The third kappa shape index (κ3) is 3.14. The number of rotatable bonds is 5. The molecule has 90 valence electrons. The van der Waals surface area contributed by atoms with Crippen LogP contribution in [0.25, 0.3) is 0 Å². The van der Waals surface area contributed by atoms with E-state index >= 15 is 0 Å². The predicted octanol–water partition coefficient (Wildman–Crippen LogP) is 2.15. The molecule has 2 aromatic heterocycles. The first-order valence-electron chi connectivity index (χ1n) is 5.96. The fourth-order valence-electron chi connectivity index (χ4n) is 1.65. The Labute approximate surface area is 102 Å². The number of aromatic nitrogens is 3. The summed E-state index contributed by atoms with van der Waals surface area (Å²) in [5, 5.41) is 7.89. The second-order valence-corrected chi connectivity index (χ2v) is 4.02. The molecule has 0 spiro atoms. The van der Waals surface area contributed by atoms with Crippen molar-refractivity contribution in [3.05, 3.63) is 48.0 Å². The van der Waals surface area contributed by atoms with Gasteiger partial charge in [0.05, 0.1) is 11.4 Å². The van der Waals surface area contributed by atoms with Crippen LogP contribution in [-0.2, 0) is 13.1 Å². The number of pyridine rings is 1. The van der Waals surface area contributed by atoms with Crippen LogP contribution >= 0.6 is 0 Å². The summed E-state index contributed by atoms with van der Waals surface area (Å²) in [6.07, 6.45) is 3.82. The lowest BCUT2D eigenvalue weighted by molar-refractivity contribution is 0.538. The molecule has 0 bridgehead atoms. The second kappa shape index (κ2) is 5.59. The zero-order valence-electron chi connectivity index (χ0n) is 10.3. The largest absolute Gasteiger partial charge is 0.303 e. The lowest BCUT2D eigenvalue weighted by atomic mass is 10.2. The number of hydrogen-bond acceptors (Lipinski definition) is 3. The summed E-state index contributed by atoms with van der Waals surface area (Å²) in [6, 6.07) is 8.24. The number of aryl methyl sites for hydroxylation is 1. The molecule has 1 unspecified atom stereocenters. The molecule has 0 fully saturated rings. The van der Waals surface area contributed by atoms with Crippen molar-refractivity contribution >= 4 is 0 Å². The van der Waals surface area contributed by atoms with E-state index in [1.807, 2.05) is 35.3 Å². The Balaban J connectivity index is 1.91. The van der Waals surface area contributed by atoms with Crippen molar-refractivity contribution in [2.24, 2.45) is 0 Å². The molecule has 17 heavy (non-hydrogen) atoms. The maximum Gasteiger partial charge on any atom is 0.0791 e. The van der Waals surface area contributed by atoms with Gasteiger partial charge in [-0.2, -0.15) is 5.10 Å². The maximum atomic E-state index is 4.47. The van der Waals surface area contributed by atoms with Gasteiger partial charge in [0, 0.05) is 31.5 Å². The van der Waals surface area contributed by atoms with Crippen molar-refractivity contribution in [2.45, 2.75) is 33.0 Å². The highest BCUT2D eigenvalue weighted by Crippen LogP contribution is 2.09. The van der Waals surface area contributed by atoms with Crippen molar-refractivity contribution in [1.82, 2.24) is 20.1 Å². The van der Waals surface area contributed by atoms with Crippen LogP contribution in [0.4, 0.5) is 0 Å². The molecule has 0 amide bonds. The van der Waals surface area contributed by atoms with Crippen LogP contribution in [0.5, 0.6) is 0 Å². The lowest BCUT2D eigenvalue weighted by Gasteiger charge is -2.10. The molecule has 4 heteroatoms. The second-order valence-electron chi connectivity index (χ2n) is 4.02. The Morgan fingerprint density at radius 3 is 2.88 bits per heavy atom. The van der Waals surface area contributed by atoms with Gasteiger partial charge in [0.2, 0.25) is 0 Å². The van der Waals surface area contributed by atoms with E-state index in [1.54, 1.807) is 0 Å². The highest BCUT2D eigenvalue weighted by Gasteiger charge is 2.07. The summed E-state index contributed by atoms with van der Waals surface area (Å²) in [6.45, 7) is 5.88. The fraction of sp³-hybridized carbons (Fsp3) is 0.385. The van der Waals surface area contributed by atoms with E-state index in [9.17, 15) is 0 Å². The maximum absolute atomic E-state index is 4.47. The summed E-state index contributed by atoms with van der Waals surface area (Å²) in [5.41, 5.74) is 2.12. The monoisotopic (exact) mass is 230 g/mol. The smallest absolute Gasteiger partial charge is 0.0791 e. The summed E-state index contributed by atoms with van der Waals surface area (Å²) in [5.74, 6) is 0. The van der Waals surface area contributed by atoms with Gasteiger partial charge in [0.1, 0.15) is 0 Å². The van der Waals surface area contributed by atoms with E-state index in [0.29, 0.717) is 0 Å². The van der Waals surface area contributed by atoms with Crippen molar-refractivity contribution in [2.75, 3.05) is 0 Å². The third-order valence-corrected chi connectivity index (χ3v) is 2.74. The van der Waals surface area contributed by atoms with Gasteiger partial charge in [-0.3, -0.25) is 9.67 Å². The van der Waals surface area contributed by atoms with Gasteiger partial charge >= 0.3 is 0 Å². The quantitative estimate of drug-likeness (QED) is 0.855. The topological polar surface area (TPSA) is 42.7 Å². The van der Waals surface area contributed by atoms with E-state index in [4.69, 9.17) is 0 Å². The van der Waals surface area contributed by atoms with Crippen molar-refractivity contribution in [1.29, 1.82) is 0 Å². The Morgan fingerprint density at radius 1 is 1.35 bits per heavy atom. The number of nitrogens with zero attached hydrogens (tertiary/aromatic N) is 3. The molecule has 1 N–H and O–H groups in total. The zero-order valence-corrected chi connectivity index (χ0v) is 10.3. The average molecular weight is 230 g/mol.